The smallest absolute Gasteiger partial charge is 0.289 e. The van der Waals surface area contributed by atoms with Crippen LogP contribution in [0.4, 0.5) is 0 Å². The molecule has 2 heterocycles. The van der Waals surface area contributed by atoms with Gasteiger partial charge in [-0.3, -0.25) is 14.5 Å². The van der Waals surface area contributed by atoms with Crippen molar-refractivity contribution >= 4 is 11.8 Å². The summed E-state index contributed by atoms with van der Waals surface area (Å²) in [5, 5.41) is 13.4. The molecule has 1 saturated carbocycles. The molecule has 2 amide bonds. The van der Waals surface area contributed by atoms with Crippen LogP contribution in [-0.2, 0) is 4.79 Å². The molecule has 23 heavy (non-hydrogen) atoms. The molecule has 2 N–H and O–H groups in total. The fraction of sp³-hybridized carbons (Fsp3) is 0.667. The number of nitrogens with one attached hydrogen (secondary N) is 1. The van der Waals surface area contributed by atoms with Gasteiger partial charge in [-0.25, -0.2) is 4.98 Å². The standard InChI is InChI=1S/C15H22N4O4/c1-10(20)18-4-6-19(7-5-18)12-3-2-11(14(12)21)17-15(22)13-8-16-9-23-13/h8-9,11-12,14,21H,2-7H2,1H3,(H,17,22)/t11-,12-,14-/m1/s1. The normalized spacial score (nSPS) is 28.8. The highest BCUT2D eigenvalue weighted by molar-refractivity contribution is 5.91. The Balaban J connectivity index is 1.54. The number of hydrogen-bond donors (Lipinski definition) is 2. The zero-order valence-corrected chi connectivity index (χ0v) is 13.1. The van der Waals surface area contributed by atoms with Crippen molar-refractivity contribution < 1.29 is 19.1 Å². The summed E-state index contributed by atoms with van der Waals surface area (Å²) in [5.41, 5.74) is 0. The predicted molar refractivity (Wildman–Crippen MR) is 80.6 cm³/mol. The lowest BCUT2D eigenvalue weighted by atomic mass is 10.1. The Kier molecular flexibility index (Phi) is 4.63. The third-order valence-electron chi connectivity index (χ3n) is 4.78. The maximum absolute atomic E-state index is 12.0. The SMILES string of the molecule is CC(=O)N1CCN([C@@H]2CC[C@@H](NC(=O)c3cnco3)[C@H]2O)CC1. The summed E-state index contributed by atoms with van der Waals surface area (Å²) < 4.78 is 4.97. The molecule has 1 saturated heterocycles. The highest BCUT2D eigenvalue weighted by atomic mass is 16.3. The van der Waals surface area contributed by atoms with E-state index in [1.807, 2.05) is 4.90 Å². The molecule has 126 valence electrons. The third kappa shape index (κ3) is 3.37. The van der Waals surface area contributed by atoms with Crippen molar-refractivity contribution in [1.29, 1.82) is 0 Å². The van der Waals surface area contributed by atoms with Gasteiger partial charge in [0, 0.05) is 39.1 Å². The van der Waals surface area contributed by atoms with E-state index in [1.54, 1.807) is 6.92 Å². The highest BCUT2D eigenvalue weighted by Gasteiger charge is 2.40. The summed E-state index contributed by atoms with van der Waals surface area (Å²) in [6.07, 6.45) is 3.49. The van der Waals surface area contributed by atoms with Crippen LogP contribution in [0.2, 0.25) is 0 Å². The van der Waals surface area contributed by atoms with Gasteiger partial charge in [-0.15, -0.1) is 0 Å². The molecule has 1 aromatic heterocycles. The molecular formula is C15H22N4O4. The average molecular weight is 322 g/mol. The first-order valence-corrected chi connectivity index (χ1v) is 7.93. The van der Waals surface area contributed by atoms with Gasteiger partial charge in [0.25, 0.3) is 5.91 Å². The van der Waals surface area contributed by atoms with Crippen LogP contribution in [0, 0.1) is 0 Å². The van der Waals surface area contributed by atoms with E-state index in [2.05, 4.69) is 15.2 Å². The molecule has 2 aliphatic rings. The molecule has 0 aromatic carbocycles. The molecule has 0 spiro atoms. The van der Waals surface area contributed by atoms with E-state index in [0.29, 0.717) is 13.1 Å². The van der Waals surface area contributed by atoms with Crippen LogP contribution in [-0.4, -0.2) is 76.1 Å². The minimum atomic E-state index is -0.620. The second-order valence-corrected chi connectivity index (χ2v) is 6.12. The van der Waals surface area contributed by atoms with Crippen LogP contribution in [0.25, 0.3) is 0 Å². The molecule has 3 rings (SSSR count). The van der Waals surface area contributed by atoms with Crippen LogP contribution in [0.5, 0.6) is 0 Å². The minimum absolute atomic E-state index is 0.0177. The quantitative estimate of drug-likeness (QED) is 0.775. The van der Waals surface area contributed by atoms with Gasteiger partial charge < -0.3 is 19.7 Å². The fourth-order valence-corrected chi connectivity index (χ4v) is 3.45. The maximum atomic E-state index is 12.0. The molecule has 0 radical (unpaired) electrons. The molecule has 2 fully saturated rings. The van der Waals surface area contributed by atoms with E-state index in [0.717, 1.165) is 25.9 Å². The number of carbonyl (C=O) groups is 2. The van der Waals surface area contributed by atoms with Gasteiger partial charge in [-0.2, -0.15) is 0 Å². The van der Waals surface area contributed by atoms with Crippen molar-refractivity contribution in [1.82, 2.24) is 20.1 Å². The van der Waals surface area contributed by atoms with Crippen LogP contribution in [0.3, 0.4) is 0 Å². The third-order valence-corrected chi connectivity index (χ3v) is 4.78. The van der Waals surface area contributed by atoms with Crippen LogP contribution >= 0.6 is 0 Å². The lowest BCUT2D eigenvalue weighted by molar-refractivity contribution is -0.131. The van der Waals surface area contributed by atoms with Crippen LogP contribution in [0.1, 0.15) is 30.3 Å². The molecule has 1 aliphatic carbocycles. The molecule has 8 nitrogen and oxygen atoms in total. The molecule has 3 atom stereocenters. The summed E-state index contributed by atoms with van der Waals surface area (Å²) in [5.74, 6) is -0.113. The van der Waals surface area contributed by atoms with Gasteiger partial charge in [0.2, 0.25) is 11.7 Å². The summed E-state index contributed by atoms with van der Waals surface area (Å²) in [7, 11) is 0. The molecule has 1 aliphatic heterocycles. The Labute approximate surface area is 134 Å². The monoisotopic (exact) mass is 322 g/mol. The maximum Gasteiger partial charge on any atom is 0.289 e. The topological polar surface area (TPSA) is 98.9 Å². The Morgan fingerprint density at radius 3 is 2.65 bits per heavy atom. The number of nitrogens with zero attached hydrogens (tertiary/aromatic N) is 3. The highest BCUT2D eigenvalue weighted by Crippen LogP contribution is 2.26. The second kappa shape index (κ2) is 6.67. The first-order chi connectivity index (χ1) is 11.1. The number of hydrogen-bond acceptors (Lipinski definition) is 6. The Hall–Kier alpha value is -1.93. The van der Waals surface area contributed by atoms with Crippen molar-refractivity contribution in [2.75, 3.05) is 26.2 Å². The molecule has 1 aromatic rings. The van der Waals surface area contributed by atoms with Crippen molar-refractivity contribution in [2.24, 2.45) is 0 Å². The van der Waals surface area contributed by atoms with Crippen molar-refractivity contribution in [3.63, 3.8) is 0 Å². The lowest BCUT2D eigenvalue weighted by Gasteiger charge is -2.39. The summed E-state index contributed by atoms with van der Waals surface area (Å²) in [6, 6.07) is -0.271. The summed E-state index contributed by atoms with van der Waals surface area (Å²) in [6.45, 7) is 4.46. The van der Waals surface area contributed by atoms with Gasteiger partial charge >= 0.3 is 0 Å². The number of aromatic nitrogens is 1. The zero-order valence-electron chi connectivity index (χ0n) is 13.1. The van der Waals surface area contributed by atoms with E-state index in [1.165, 1.54) is 12.6 Å². The van der Waals surface area contributed by atoms with E-state index >= 15 is 0 Å². The number of carbonyl (C=O) groups excluding carboxylic acids is 2. The Morgan fingerprint density at radius 2 is 2.04 bits per heavy atom. The van der Waals surface area contributed by atoms with Crippen molar-refractivity contribution in [3.05, 3.63) is 18.4 Å². The van der Waals surface area contributed by atoms with Gasteiger partial charge in [0.15, 0.2) is 6.39 Å². The van der Waals surface area contributed by atoms with E-state index in [4.69, 9.17) is 4.42 Å². The number of amides is 2. The van der Waals surface area contributed by atoms with E-state index in [-0.39, 0.29) is 29.7 Å². The number of aliphatic hydroxyl groups excluding tert-OH is 1. The molecule has 0 bridgehead atoms. The average Bonchev–Trinajstić information content (AvgIpc) is 3.19. The van der Waals surface area contributed by atoms with Gasteiger partial charge in [-0.05, 0) is 12.8 Å². The predicted octanol–water partition coefficient (Wildman–Crippen LogP) is -0.540. The zero-order chi connectivity index (χ0) is 16.4. The first kappa shape index (κ1) is 15.9. The molecule has 8 heteroatoms. The van der Waals surface area contributed by atoms with Crippen LogP contribution < -0.4 is 5.32 Å². The summed E-state index contributed by atoms with van der Waals surface area (Å²) in [4.78, 5) is 31.1. The van der Waals surface area contributed by atoms with Crippen LogP contribution in [0.15, 0.2) is 17.0 Å². The molecular weight excluding hydrogens is 300 g/mol. The number of oxazole rings is 1. The minimum Gasteiger partial charge on any atom is -0.438 e. The second-order valence-electron chi connectivity index (χ2n) is 6.12. The number of aliphatic hydroxyl groups is 1. The summed E-state index contributed by atoms with van der Waals surface area (Å²) >= 11 is 0. The fourth-order valence-electron chi connectivity index (χ4n) is 3.45. The molecule has 0 unspecified atom stereocenters. The largest absolute Gasteiger partial charge is 0.438 e. The Bertz CT molecular complexity index is 554. The number of rotatable bonds is 3. The lowest BCUT2D eigenvalue weighted by Crippen LogP contribution is -2.55. The van der Waals surface area contributed by atoms with Crippen molar-refractivity contribution in [2.45, 2.75) is 38.0 Å². The Morgan fingerprint density at radius 1 is 1.30 bits per heavy atom. The number of piperazine rings is 1. The van der Waals surface area contributed by atoms with E-state index < -0.39 is 6.10 Å². The van der Waals surface area contributed by atoms with E-state index in [9.17, 15) is 14.7 Å². The first-order valence-electron chi connectivity index (χ1n) is 7.93. The van der Waals surface area contributed by atoms with Gasteiger partial charge in [-0.1, -0.05) is 0 Å². The van der Waals surface area contributed by atoms with Gasteiger partial charge in [0.1, 0.15) is 0 Å². The van der Waals surface area contributed by atoms with Gasteiger partial charge in [0.05, 0.1) is 18.3 Å². The van der Waals surface area contributed by atoms with Crippen molar-refractivity contribution in [3.8, 4) is 0 Å².